The minimum Gasteiger partial charge on any atom is -0.462 e. The van der Waals surface area contributed by atoms with Gasteiger partial charge < -0.3 is 34.3 Å². The molecule has 1 aliphatic heterocycles. The summed E-state index contributed by atoms with van der Waals surface area (Å²) in [5.41, 5.74) is 0. The Hall–Kier alpha value is -1.61. The third-order valence-electron chi connectivity index (χ3n) is 11.6. The molecule has 61 heavy (non-hydrogen) atoms. The zero-order valence-electron chi connectivity index (χ0n) is 38.5. The molecule has 0 aliphatic carbocycles. The molecule has 6 atom stereocenters. The van der Waals surface area contributed by atoms with Gasteiger partial charge in [-0.15, -0.1) is 0 Å². The number of aliphatic hydroxyl groups is 3. The van der Waals surface area contributed by atoms with E-state index in [4.69, 9.17) is 18.9 Å². The number of hydrogen-bond acceptors (Lipinski definition) is 11. The molecule has 1 fully saturated rings. The van der Waals surface area contributed by atoms with E-state index < -0.39 is 71.2 Å². The summed E-state index contributed by atoms with van der Waals surface area (Å²) in [5.74, 6) is -1.97. The first-order valence-electron chi connectivity index (χ1n) is 24.7. The number of ether oxygens (including phenoxy) is 4. The molecule has 0 bridgehead atoms. The molecular weight excluding hydrogens is 801 g/mol. The summed E-state index contributed by atoms with van der Waals surface area (Å²) < 4.78 is 54.2. The number of hydrogen-bond donors (Lipinski definition) is 4. The van der Waals surface area contributed by atoms with Gasteiger partial charge in [0.2, 0.25) is 0 Å². The van der Waals surface area contributed by atoms with Crippen LogP contribution in [-0.4, -0.2) is 96.0 Å². The van der Waals surface area contributed by atoms with Crippen LogP contribution in [0.15, 0.2) is 12.2 Å². The van der Waals surface area contributed by atoms with Gasteiger partial charge in [-0.3, -0.25) is 14.1 Å². The Morgan fingerprint density at radius 2 is 0.934 bits per heavy atom. The van der Waals surface area contributed by atoms with Crippen molar-refractivity contribution in [1.82, 2.24) is 0 Å². The van der Waals surface area contributed by atoms with E-state index in [1.54, 1.807) is 0 Å². The summed E-state index contributed by atoms with van der Waals surface area (Å²) in [4.78, 5) is 25.5. The topological polar surface area (TPSA) is 186 Å². The van der Waals surface area contributed by atoms with Gasteiger partial charge in [-0.05, 0) is 38.5 Å². The molecule has 0 saturated carbocycles. The van der Waals surface area contributed by atoms with Crippen molar-refractivity contribution in [3.8, 4) is 0 Å². The van der Waals surface area contributed by atoms with E-state index in [0.29, 0.717) is 12.8 Å². The first kappa shape index (κ1) is 57.4. The Morgan fingerprint density at radius 1 is 0.541 bits per heavy atom. The Balaban J connectivity index is 2.39. The molecular formula is C48H90O12S. The molecule has 1 heterocycles. The number of rotatable bonds is 42. The smallest absolute Gasteiger partial charge is 0.306 e. The van der Waals surface area contributed by atoms with Gasteiger partial charge in [0.25, 0.3) is 10.1 Å². The summed E-state index contributed by atoms with van der Waals surface area (Å²) >= 11 is 0. The molecule has 2 unspecified atom stereocenters. The van der Waals surface area contributed by atoms with E-state index in [0.717, 1.165) is 38.5 Å². The second kappa shape index (κ2) is 38.8. The van der Waals surface area contributed by atoms with Crippen LogP contribution in [0.3, 0.4) is 0 Å². The maximum atomic E-state index is 12.8. The van der Waals surface area contributed by atoms with Crippen LogP contribution in [0, 0.1) is 0 Å². The molecule has 4 N–H and O–H groups in total. The molecule has 1 saturated heterocycles. The van der Waals surface area contributed by atoms with Gasteiger partial charge in [-0.25, -0.2) is 0 Å². The Labute approximate surface area is 371 Å². The lowest BCUT2D eigenvalue weighted by atomic mass is 10.00. The molecule has 0 radical (unpaired) electrons. The lowest BCUT2D eigenvalue weighted by Crippen LogP contribution is -2.60. The quantitative estimate of drug-likeness (QED) is 0.0197. The highest BCUT2D eigenvalue weighted by molar-refractivity contribution is 7.85. The first-order chi connectivity index (χ1) is 29.5. The first-order valence-corrected chi connectivity index (χ1v) is 26.4. The highest BCUT2D eigenvalue weighted by atomic mass is 32.2. The number of aliphatic hydroxyl groups excluding tert-OH is 3. The number of esters is 2. The fraction of sp³-hybridized carbons (Fsp3) is 0.917. The van der Waals surface area contributed by atoms with Gasteiger partial charge in [0.15, 0.2) is 12.4 Å². The minimum absolute atomic E-state index is 0.170. The van der Waals surface area contributed by atoms with Crippen LogP contribution in [0.2, 0.25) is 0 Å². The predicted molar refractivity (Wildman–Crippen MR) is 243 cm³/mol. The average Bonchev–Trinajstić information content (AvgIpc) is 3.22. The van der Waals surface area contributed by atoms with Crippen molar-refractivity contribution in [2.24, 2.45) is 0 Å². The highest BCUT2D eigenvalue weighted by Gasteiger charge is 2.46. The molecule has 12 nitrogen and oxygen atoms in total. The number of carbonyl (C=O) groups is 2. The summed E-state index contributed by atoms with van der Waals surface area (Å²) in [6.45, 7) is 3.78. The lowest BCUT2D eigenvalue weighted by Gasteiger charge is -2.40. The third kappa shape index (κ3) is 33.6. The minimum atomic E-state index is -4.60. The highest BCUT2D eigenvalue weighted by Crippen LogP contribution is 2.24. The van der Waals surface area contributed by atoms with Crippen LogP contribution in [0.5, 0.6) is 0 Å². The van der Waals surface area contributed by atoms with Crippen molar-refractivity contribution in [2.45, 2.75) is 263 Å². The van der Waals surface area contributed by atoms with Crippen LogP contribution < -0.4 is 0 Å². The van der Waals surface area contributed by atoms with E-state index in [1.807, 2.05) is 0 Å². The van der Waals surface area contributed by atoms with E-state index >= 15 is 0 Å². The predicted octanol–water partition coefficient (Wildman–Crippen LogP) is 10.6. The van der Waals surface area contributed by atoms with Crippen molar-refractivity contribution >= 4 is 22.1 Å². The van der Waals surface area contributed by atoms with Crippen molar-refractivity contribution in [3.63, 3.8) is 0 Å². The second-order valence-electron chi connectivity index (χ2n) is 17.5. The molecule has 360 valence electrons. The van der Waals surface area contributed by atoms with Crippen molar-refractivity contribution in [1.29, 1.82) is 0 Å². The molecule has 1 aliphatic rings. The number of unbranched alkanes of at least 4 members (excludes halogenated alkanes) is 28. The Bertz CT molecular complexity index is 1180. The SMILES string of the molecule is CCCCCC/C=C/CCCCCCCCCCCC(=O)OC[C@H](CO[C@H]1O[C@H](CS(=O)(=O)O)[C@@H](O)C(O)C1O)OC(=O)CCCCCCCCCCCCCCCCCC. The van der Waals surface area contributed by atoms with Gasteiger partial charge in [0, 0.05) is 12.8 Å². The molecule has 1 rings (SSSR count). The van der Waals surface area contributed by atoms with E-state index in [1.165, 1.54) is 148 Å². The van der Waals surface area contributed by atoms with Crippen LogP contribution in [0.25, 0.3) is 0 Å². The molecule has 0 aromatic rings. The fourth-order valence-corrected chi connectivity index (χ4v) is 8.42. The Morgan fingerprint density at radius 3 is 1.38 bits per heavy atom. The summed E-state index contributed by atoms with van der Waals surface area (Å²) in [6, 6.07) is 0. The molecule has 0 aromatic heterocycles. The van der Waals surface area contributed by atoms with Gasteiger partial charge in [-0.2, -0.15) is 8.42 Å². The van der Waals surface area contributed by atoms with E-state index in [-0.39, 0.29) is 19.4 Å². The maximum Gasteiger partial charge on any atom is 0.306 e. The van der Waals surface area contributed by atoms with Crippen LogP contribution in [-0.2, 0) is 38.7 Å². The zero-order chi connectivity index (χ0) is 44.8. The van der Waals surface area contributed by atoms with Crippen molar-refractivity contribution in [3.05, 3.63) is 12.2 Å². The monoisotopic (exact) mass is 891 g/mol. The summed E-state index contributed by atoms with van der Waals surface area (Å²) in [5, 5.41) is 30.9. The number of allylic oxidation sites excluding steroid dienone is 2. The number of carbonyl (C=O) groups excluding carboxylic acids is 2. The third-order valence-corrected chi connectivity index (χ3v) is 12.3. The normalized spacial score (nSPS) is 20.0. The fourth-order valence-electron chi connectivity index (χ4n) is 7.73. The van der Waals surface area contributed by atoms with E-state index in [2.05, 4.69) is 26.0 Å². The van der Waals surface area contributed by atoms with Crippen LogP contribution in [0.4, 0.5) is 0 Å². The van der Waals surface area contributed by atoms with Crippen molar-refractivity contribution in [2.75, 3.05) is 19.0 Å². The van der Waals surface area contributed by atoms with Gasteiger partial charge in [0.05, 0.1) is 6.61 Å². The average molecular weight is 891 g/mol. The van der Waals surface area contributed by atoms with Crippen LogP contribution >= 0.6 is 0 Å². The van der Waals surface area contributed by atoms with Gasteiger partial charge in [0.1, 0.15) is 36.8 Å². The molecule has 0 aromatic carbocycles. The lowest BCUT2D eigenvalue weighted by molar-refractivity contribution is -0.297. The Kier molecular flexibility index (Phi) is 36.5. The molecule has 13 heteroatoms. The van der Waals surface area contributed by atoms with E-state index in [9.17, 15) is 37.9 Å². The van der Waals surface area contributed by atoms with Gasteiger partial charge in [-0.1, -0.05) is 187 Å². The largest absolute Gasteiger partial charge is 0.462 e. The van der Waals surface area contributed by atoms with Crippen molar-refractivity contribution < 1.29 is 56.8 Å². The molecule has 0 amide bonds. The zero-order valence-corrected chi connectivity index (χ0v) is 39.4. The summed E-state index contributed by atoms with van der Waals surface area (Å²) in [6.07, 6.45) is 32.5. The second-order valence-corrected chi connectivity index (χ2v) is 19.0. The van der Waals surface area contributed by atoms with Crippen LogP contribution in [0.1, 0.15) is 226 Å². The van der Waals surface area contributed by atoms with Gasteiger partial charge >= 0.3 is 11.9 Å². The maximum absolute atomic E-state index is 12.8. The standard InChI is InChI=1S/C48H90O12S/c1-3-5-7-9-11-13-15-17-19-21-23-24-26-28-30-32-34-36-43(49)57-38-41(39-58-48-47(53)46(52)45(51)42(60-48)40-61(54,55)56)59-44(50)37-35-33-31-29-27-25-22-20-18-16-14-12-10-8-6-4-2/h13,15,41-42,45-48,51-53H,3-12,14,16-40H2,1-2H3,(H,54,55,56)/b15-13+/t41-,42-,45-,46?,47?,48+/m1/s1. The summed E-state index contributed by atoms with van der Waals surface area (Å²) in [7, 11) is -4.60. The molecule has 0 spiro atoms.